The summed E-state index contributed by atoms with van der Waals surface area (Å²) in [5, 5.41) is 0. The lowest BCUT2D eigenvalue weighted by Crippen LogP contribution is -2.18. The average Bonchev–Trinajstić information content (AvgIpc) is 2.99. The molecule has 0 radical (unpaired) electrons. The molecule has 1 amide bonds. The fraction of sp³-hybridized carbons (Fsp3) is 0.250. The maximum Gasteiger partial charge on any atom is 0.305 e. The number of carbonyl (C=O) groups excluding carboxylic acids is 2. The van der Waals surface area contributed by atoms with Crippen LogP contribution in [0, 0.1) is 6.92 Å². The number of amides is 1. The van der Waals surface area contributed by atoms with Crippen LogP contribution in [-0.4, -0.2) is 23.6 Å². The maximum absolute atomic E-state index is 12.5. The number of hydrogen-bond acceptors (Lipinski definition) is 4. The number of rotatable bonds is 5. The Balaban J connectivity index is 1.95. The molecule has 0 spiro atoms. The highest BCUT2D eigenvalue weighted by atomic mass is 32.1. The first-order valence-electron chi connectivity index (χ1n) is 8.39. The van der Waals surface area contributed by atoms with Crippen LogP contribution in [0.5, 0.6) is 0 Å². The zero-order chi connectivity index (χ0) is 18.5. The Bertz CT molecular complexity index is 1000. The van der Waals surface area contributed by atoms with Crippen molar-refractivity contribution in [1.29, 1.82) is 0 Å². The van der Waals surface area contributed by atoms with Crippen LogP contribution >= 0.6 is 11.3 Å². The number of carbonyl (C=O) groups is 2. The van der Waals surface area contributed by atoms with Gasteiger partial charge < -0.3 is 9.30 Å². The molecule has 1 aromatic heterocycles. The van der Waals surface area contributed by atoms with Crippen molar-refractivity contribution in [1.82, 2.24) is 4.57 Å². The summed E-state index contributed by atoms with van der Waals surface area (Å²) in [7, 11) is 1.39. The first kappa shape index (κ1) is 18.1. The second-order valence-corrected chi connectivity index (χ2v) is 6.98. The molecule has 0 saturated carbocycles. The molecule has 0 aliphatic carbocycles. The van der Waals surface area contributed by atoms with E-state index in [1.807, 2.05) is 47.9 Å². The fourth-order valence-corrected chi connectivity index (χ4v) is 3.71. The zero-order valence-electron chi connectivity index (χ0n) is 14.8. The lowest BCUT2D eigenvalue weighted by Gasteiger charge is -2.05. The van der Waals surface area contributed by atoms with Crippen molar-refractivity contribution in [3.63, 3.8) is 0 Å². The quantitative estimate of drug-likeness (QED) is 0.645. The highest BCUT2D eigenvalue weighted by molar-refractivity contribution is 7.16. The minimum atomic E-state index is -0.265. The number of nitrogens with zero attached hydrogens (tertiary/aromatic N) is 2. The molecule has 0 aliphatic rings. The topological polar surface area (TPSA) is 60.7 Å². The van der Waals surface area contributed by atoms with Gasteiger partial charge in [-0.3, -0.25) is 9.59 Å². The number of aryl methyl sites for hydroxylation is 2. The molecule has 0 unspecified atom stereocenters. The largest absolute Gasteiger partial charge is 0.469 e. The average molecular weight is 368 g/mol. The third kappa shape index (κ3) is 4.08. The second kappa shape index (κ2) is 8.10. The molecule has 3 rings (SSSR count). The summed E-state index contributed by atoms with van der Waals surface area (Å²) in [5.74, 6) is -0.502. The summed E-state index contributed by atoms with van der Waals surface area (Å²) in [6, 6.07) is 15.3. The third-order valence-electron chi connectivity index (χ3n) is 4.07. The molecule has 134 valence electrons. The van der Waals surface area contributed by atoms with E-state index >= 15 is 0 Å². The lowest BCUT2D eigenvalue weighted by molar-refractivity contribution is -0.140. The van der Waals surface area contributed by atoms with Gasteiger partial charge in [0.25, 0.3) is 5.91 Å². The standard InChI is InChI=1S/C20H20N2O3S/c1-14-9-11-15(12-10-14)19(24)21-20-22(13-5-8-18(23)25-2)16-6-3-4-7-17(16)26-20/h3-4,6-7,9-12H,5,8,13H2,1-2H3. The Morgan fingerprint density at radius 1 is 1.12 bits per heavy atom. The van der Waals surface area contributed by atoms with Gasteiger partial charge in [-0.25, -0.2) is 0 Å². The molecule has 0 atom stereocenters. The van der Waals surface area contributed by atoms with Gasteiger partial charge in [-0.15, -0.1) is 0 Å². The maximum atomic E-state index is 12.5. The summed E-state index contributed by atoms with van der Waals surface area (Å²) in [6.45, 7) is 2.58. The van der Waals surface area contributed by atoms with Crippen molar-refractivity contribution in [2.45, 2.75) is 26.3 Å². The van der Waals surface area contributed by atoms with Crippen LogP contribution in [-0.2, 0) is 16.1 Å². The number of aromatic nitrogens is 1. The highest BCUT2D eigenvalue weighted by Gasteiger charge is 2.10. The summed E-state index contributed by atoms with van der Waals surface area (Å²) in [4.78, 5) is 28.9. The smallest absolute Gasteiger partial charge is 0.305 e. The van der Waals surface area contributed by atoms with Crippen LogP contribution in [0.15, 0.2) is 53.5 Å². The first-order chi connectivity index (χ1) is 12.6. The minimum absolute atomic E-state index is 0.237. The van der Waals surface area contributed by atoms with E-state index in [1.54, 1.807) is 12.1 Å². The third-order valence-corrected chi connectivity index (χ3v) is 5.13. The summed E-state index contributed by atoms with van der Waals surface area (Å²) < 4.78 is 7.75. The Labute approximate surface area is 155 Å². The Morgan fingerprint density at radius 3 is 2.58 bits per heavy atom. The molecule has 0 fully saturated rings. The number of benzene rings is 2. The predicted molar refractivity (Wildman–Crippen MR) is 102 cm³/mol. The summed E-state index contributed by atoms with van der Waals surface area (Å²) in [6.07, 6.45) is 0.957. The van der Waals surface area contributed by atoms with Gasteiger partial charge in [-0.1, -0.05) is 41.2 Å². The number of hydrogen-bond donors (Lipinski definition) is 0. The number of para-hydroxylation sites is 1. The number of methoxy groups -OCH3 is 1. The normalized spacial score (nSPS) is 11.7. The van der Waals surface area contributed by atoms with Crippen LogP contribution in [0.1, 0.15) is 28.8 Å². The van der Waals surface area contributed by atoms with E-state index in [0.29, 0.717) is 29.8 Å². The van der Waals surface area contributed by atoms with Crippen LogP contribution < -0.4 is 4.80 Å². The Kier molecular flexibility index (Phi) is 5.63. The van der Waals surface area contributed by atoms with E-state index in [-0.39, 0.29) is 11.9 Å². The summed E-state index contributed by atoms with van der Waals surface area (Å²) >= 11 is 1.47. The molecule has 0 aliphatic heterocycles. The Hall–Kier alpha value is -2.73. The molecule has 26 heavy (non-hydrogen) atoms. The molecule has 6 heteroatoms. The van der Waals surface area contributed by atoms with Crippen molar-refractivity contribution in [3.05, 3.63) is 64.5 Å². The van der Waals surface area contributed by atoms with Gasteiger partial charge in [0.2, 0.25) is 0 Å². The van der Waals surface area contributed by atoms with Crippen LogP contribution in [0.2, 0.25) is 0 Å². The van der Waals surface area contributed by atoms with Crippen molar-refractivity contribution in [2.75, 3.05) is 7.11 Å². The van der Waals surface area contributed by atoms with Crippen LogP contribution in [0.4, 0.5) is 0 Å². The van der Waals surface area contributed by atoms with E-state index in [2.05, 4.69) is 4.99 Å². The van der Waals surface area contributed by atoms with E-state index in [1.165, 1.54) is 18.4 Å². The lowest BCUT2D eigenvalue weighted by atomic mass is 10.1. The monoisotopic (exact) mass is 368 g/mol. The SMILES string of the molecule is COC(=O)CCCn1c(=NC(=O)c2ccc(C)cc2)sc2ccccc21. The molecule has 0 saturated heterocycles. The van der Waals surface area contributed by atoms with Crippen molar-refractivity contribution in [3.8, 4) is 0 Å². The molecule has 0 N–H and O–H groups in total. The molecule has 0 bridgehead atoms. The molecular formula is C20H20N2O3S. The minimum Gasteiger partial charge on any atom is -0.469 e. The van der Waals surface area contributed by atoms with E-state index < -0.39 is 0 Å². The zero-order valence-corrected chi connectivity index (χ0v) is 15.6. The first-order valence-corrected chi connectivity index (χ1v) is 9.21. The molecule has 5 nitrogen and oxygen atoms in total. The van der Waals surface area contributed by atoms with Gasteiger partial charge >= 0.3 is 5.97 Å². The molecule has 2 aromatic carbocycles. The van der Waals surface area contributed by atoms with Gasteiger partial charge in [-0.2, -0.15) is 4.99 Å². The van der Waals surface area contributed by atoms with Crippen molar-refractivity contribution >= 4 is 33.4 Å². The van der Waals surface area contributed by atoms with E-state index in [4.69, 9.17) is 4.74 Å². The molecule has 3 aromatic rings. The second-order valence-electron chi connectivity index (χ2n) is 5.97. The highest BCUT2D eigenvalue weighted by Crippen LogP contribution is 2.17. The predicted octanol–water partition coefficient (Wildman–Crippen LogP) is 3.71. The van der Waals surface area contributed by atoms with E-state index in [9.17, 15) is 9.59 Å². The van der Waals surface area contributed by atoms with E-state index in [0.717, 1.165) is 15.8 Å². The van der Waals surface area contributed by atoms with Gasteiger partial charge in [0.1, 0.15) is 0 Å². The summed E-state index contributed by atoms with van der Waals surface area (Å²) in [5.41, 5.74) is 2.67. The number of fused-ring (bicyclic) bond motifs is 1. The van der Waals surface area contributed by atoms with Crippen LogP contribution in [0.3, 0.4) is 0 Å². The van der Waals surface area contributed by atoms with Gasteiger partial charge in [0.15, 0.2) is 4.80 Å². The van der Waals surface area contributed by atoms with Gasteiger partial charge in [-0.05, 0) is 37.6 Å². The van der Waals surface area contributed by atoms with Crippen LogP contribution in [0.25, 0.3) is 10.2 Å². The number of ether oxygens (including phenoxy) is 1. The van der Waals surface area contributed by atoms with Crippen molar-refractivity contribution < 1.29 is 14.3 Å². The van der Waals surface area contributed by atoms with Gasteiger partial charge in [0, 0.05) is 18.5 Å². The molecular weight excluding hydrogens is 348 g/mol. The van der Waals surface area contributed by atoms with Crippen molar-refractivity contribution in [2.24, 2.45) is 4.99 Å². The van der Waals surface area contributed by atoms with Gasteiger partial charge in [0.05, 0.1) is 17.3 Å². The number of thiazole rings is 1. The number of esters is 1. The Morgan fingerprint density at radius 2 is 1.85 bits per heavy atom. The molecule has 1 heterocycles. The fourth-order valence-electron chi connectivity index (χ4n) is 2.65.